The first-order valence-electron chi connectivity index (χ1n) is 6.81. The molecule has 18 heavy (non-hydrogen) atoms. The zero-order chi connectivity index (χ0) is 13.4. The number of hydrogen-bond donors (Lipinski definition) is 1. The van der Waals surface area contributed by atoms with Crippen LogP contribution in [-0.4, -0.2) is 75.7 Å². The van der Waals surface area contributed by atoms with Crippen LogP contribution in [-0.2, 0) is 9.53 Å². The van der Waals surface area contributed by atoms with E-state index in [2.05, 4.69) is 24.3 Å². The van der Waals surface area contributed by atoms with Crippen molar-refractivity contribution < 1.29 is 9.53 Å². The van der Waals surface area contributed by atoms with Crippen molar-refractivity contribution in [3.63, 3.8) is 0 Å². The molecule has 0 unspecified atom stereocenters. The maximum atomic E-state index is 12.3. The van der Waals surface area contributed by atoms with Gasteiger partial charge in [0.15, 0.2) is 0 Å². The number of carbonyl (C=O) groups is 1. The molecule has 106 valence electrons. The number of rotatable bonds is 8. The Labute approximate surface area is 110 Å². The van der Waals surface area contributed by atoms with Gasteiger partial charge >= 0.3 is 0 Å². The molecule has 0 saturated carbocycles. The van der Waals surface area contributed by atoms with Crippen molar-refractivity contribution in [2.75, 3.05) is 54.0 Å². The molecular weight excluding hydrogens is 230 g/mol. The quantitative estimate of drug-likeness (QED) is 0.673. The van der Waals surface area contributed by atoms with E-state index in [-0.39, 0.29) is 11.9 Å². The highest BCUT2D eigenvalue weighted by atomic mass is 16.5. The molecule has 0 aromatic heterocycles. The minimum absolute atomic E-state index is 0.0289. The SMILES string of the molecule is COCCN(CCCN(C)C)C(=O)[C@H]1CCCN1. The first-order chi connectivity index (χ1) is 8.65. The number of amides is 1. The lowest BCUT2D eigenvalue weighted by atomic mass is 10.2. The Bertz CT molecular complexity index is 240. The molecule has 0 bridgehead atoms. The predicted molar refractivity (Wildman–Crippen MR) is 72.7 cm³/mol. The molecule has 1 N–H and O–H groups in total. The molecule has 1 heterocycles. The fourth-order valence-electron chi connectivity index (χ4n) is 2.23. The van der Waals surface area contributed by atoms with Crippen molar-refractivity contribution >= 4 is 5.91 Å². The number of carbonyl (C=O) groups excluding carboxylic acids is 1. The van der Waals surface area contributed by atoms with Gasteiger partial charge in [0, 0.05) is 20.2 Å². The summed E-state index contributed by atoms with van der Waals surface area (Å²) in [6.45, 7) is 4.10. The normalized spacial score (nSPS) is 19.4. The molecule has 1 rings (SSSR count). The second-order valence-electron chi connectivity index (χ2n) is 5.12. The molecule has 0 radical (unpaired) electrons. The molecule has 5 nitrogen and oxygen atoms in total. The average molecular weight is 257 g/mol. The molecule has 1 atom stereocenters. The number of methoxy groups -OCH3 is 1. The van der Waals surface area contributed by atoms with Gasteiger partial charge in [-0.1, -0.05) is 0 Å². The van der Waals surface area contributed by atoms with Crippen molar-refractivity contribution in [1.82, 2.24) is 15.1 Å². The first-order valence-corrected chi connectivity index (χ1v) is 6.81. The topological polar surface area (TPSA) is 44.8 Å². The van der Waals surface area contributed by atoms with Crippen molar-refractivity contribution in [2.24, 2.45) is 0 Å². The van der Waals surface area contributed by atoms with Crippen molar-refractivity contribution in [1.29, 1.82) is 0 Å². The fraction of sp³-hybridized carbons (Fsp3) is 0.923. The number of ether oxygens (including phenoxy) is 1. The number of hydrogen-bond acceptors (Lipinski definition) is 4. The van der Waals surface area contributed by atoms with Crippen LogP contribution in [0.3, 0.4) is 0 Å². The van der Waals surface area contributed by atoms with E-state index in [1.165, 1.54) is 0 Å². The lowest BCUT2D eigenvalue weighted by molar-refractivity contribution is -0.133. The largest absolute Gasteiger partial charge is 0.383 e. The van der Waals surface area contributed by atoms with Crippen LogP contribution >= 0.6 is 0 Å². The Kier molecular flexibility index (Phi) is 7.23. The number of nitrogens with zero attached hydrogens (tertiary/aromatic N) is 2. The summed E-state index contributed by atoms with van der Waals surface area (Å²) in [6, 6.07) is 0.0289. The monoisotopic (exact) mass is 257 g/mol. The summed E-state index contributed by atoms with van der Waals surface area (Å²) in [4.78, 5) is 16.4. The summed E-state index contributed by atoms with van der Waals surface area (Å²) >= 11 is 0. The molecule has 0 aromatic carbocycles. The average Bonchev–Trinajstić information content (AvgIpc) is 2.86. The summed E-state index contributed by atoms with van der Waals surface area (Å²) < 4.78 is 5.09. The molecule has 5 heteroatoms. The van der Waals surface area contributed by atoms with Crippen LogP contribution in [0.15, 0.2) is 0 Å². The Balaban J connectivity index is 2.39. The van der Waals surface area contributed by atoms with Gasteiger partial charge < -0.3 is 19.9 Å². The second-order valence-corrected chi connectivity index (χ2v) is 5.12. The minimum atomic E-state index is 0.0289. The highest BCUT2D eigenvalue weighted by molar-refractivity contribution is 5.82. The maximum absolute atomic E-state index is 12.3. The highest BCUT2D eigenvalue weighted by Gasteiger charge is 2.26. The Morgan fingerprint density at radius 3 is 2.67 bits per heavy atom. The Morgan fingerprint density at radius 2 is 2.11 bits per heavy atom. The summed E-state index contributed by atoms with van der Waals surface area (Å²) in [5.74, 6) is 0.239. The van der Waals surface area contributed by atoms with E-state index < -0.39 is 0 Å². The van der Waals surface area contributed by atoms with Gasteiger partial charge in [0.2, 0.25) is 5.91 Å². The third-order valence-corrected chi connectivity index (χ3v) is 3.27. The van der Waals surface area contributed by atoms with E-state index in [0.717, 1.165) is 38.9 Å². The minimum Gasteiger partial charge on any atom is -0.383 e. The molecular formula is C13H27N3O2. The lowest BCUT2D eigenvalue weighted by Gasteiger charge is -2.26. The fourth-order valence-corrected chi connectivity index (χ4v) is 2.23. The lowest BCUT2D eigenvalue weighted by Crippen LogP contribution is -2.45. The zero-order valence-electron chi connectivity index (χ0n) is 11.9. The second kappa shape index (κ2) is 8.45. The molecule has 0 aromatic rings. The Hall–Kier alpha value is -0.650. The van der Waals surface area contributed by atoms with E-state index in [4.69, 9.17) is 4.74 Å². The molecule has 0 spiro atoms. The molecule has 1 aliphatic heterocycles. The van der Waals surface area contributed by atoms with Crippen LogP contribution in [0, 0.1) is 0 Å². The summed E-state index contributed by atoms with van der Waals surface area (Å²) in [5.41, 5.74) is 0. The molecule has 1 saturated heterocycles. The van der Waals surface area contributed by atoms with Gasteiger partial charge in [0.25, 0.3) is 0 Å². The van der Waals surface area contributed by atoms with E-state index in [0.29, 0.717) is 13.2 Å². The maximum Gasteiger partial charge on any atom is 0.239 e. The highest BCUT2D eigenvalue weighted by Crippen LogP contribution is 2.09. The van der Waals surface area contributed by atoms with Gasteiger partial charge in [0.05, 0.1) is 12.6 Å². The zero-order valence-corrected chi connectivity index (χ0v) is 11.9. The first kappa shape index (κ1) is 15.4. The summed E-state index contributed by atoms with van der Waals surface area (Å²) in [7, 11) is 5.79. The van der Waals surface area contributed by atoms with Crippen LogP contribution in [0.1, 0.15) is 19.3 Å². The van der Waals surface area contributed by atoms with Gasteiger partial charge in [-0.2, -0.15) is 0 Å². The Morgan fingerprint density at radius 1 is 1.33 bits per heavy atom. The van der Waals surface area contributed by atoms with E-state index in [1.54, 1.807) is 7.11 Å². The van der Waals surface area contributed by atoms with Crippen LogP contribution < -0.4 is 5.32 Å². The van der Waals surface area contributed by atoms with Crippen molar-refractivity contribution in [3.05, 3.63) is 0 Å². The van der Waals surface area contributed by atoms with Gasteiger partial charge in [-0.3, -0.25) is 4.79 Å². The number of nitrogens with one attached hydrogen (secondary N) is 1. The summed E-state index contributed by atoms with van der Waals surface area (Å²) in [5, 5.41) is 3.27. The summed E-state index contributed by atoms with van der Waals surface area (Å²) in [6.07, 6.45) is 3.08. The third-order valence-electron chi connectivity index (χ3n) is 3.27. The van der Waals surface area contributed by atoms with Crippen molar-refractivity contribution in [2.45, 2.75) is 25.3 Å². The standard InChI is InChI=1S/C13H27N3O2/c1-15(2)8-5-9-16(10-11-18-3)13(17)12-6-4-7-14-12/h12,14H,4-11H2,1-3H3/t12-/m1/s1. The van der Waals surface area contributed by atoms with Gasteiger partial charge in [-0.15, -0.1) is 0 Å². The van der Waals surface area contributed by atoms with Crippen LogP contribution in [0.5, 0.6) is 0 Å². The van der Waals surface area contributed by atoms with Crippen LogP contribution in [0.25, 0.3) is 0 Å². The van der Waals surface area contributed by atoms with Crippen LogP contribution in [0.4, 0.5) is 0 Å². The smallest absolute Gasteiger partial charge is 0.239 e. The van der Waals surface area contributed by atoms with E-state index in [9.17, 15) is 4.79 Å². The third kappa shape index (κ3) is 5.33. The van der Waals surface area contributed by atoms with Crippen molar-refractivity contribution in [3.8, 4) is 0 Å². The van der Waals surface area contributed by atoms with E-state index in [1.807, 2.05) is 4.90 Å². The predicted octanol–water partition coefficient (Wildman–Crippen LogP) is 0.165. The van der Waals surface area contributed by atoms with E-state index >= 15 is 0 Å². The van der Waals surface area contributed by atoms with Gasteiger partial charge in [-0.05, 0) is 46.4 Å². The molecule has 1 fully saturated rings. The molecule has 0 aliphatic carbocycles. The van der Waals surface area contributed by atoms with Gasteiger partial charge in [0.1, 0.15) is 0 Å². The van der Waals surface area contributed by atoms with Crippen LogP contribution in [0.2, 0.25) is 0 Å². The van der Waals surface area contributed by atoms with Gasteiger partial charge in [-0.25, -0.2) is 0 Å². The molecule has 1 amide bonds. The molecule has 1 aliphatic rings.